The van der Waals surface area contributed by atoms with Crippen molar-refractivity contribution in [2.45, 2.75) is 40.6 Å². The maximum atomic E-state index is 5.34. The quantitative estimate of drug-likeness (QED) is 0.395. The highest BCUT2D eigenvalue weighted by atomic mass is 16.5. The molecule has 0 heterocycles. The van der Waals surface area contributed by atoms with Gasteiger partial charge in [0.15, 0.2) is 0 Å². The second kappa shape index (κ2) is 10.6. The zero-order valence-corrected chi connectivity index (χ0v) is 19.5. The van der Waals surface area contributed by atoms with E-state index in [1.807, 2.05) is 0 Å². The molecule has 0 unspecified atom stereocenters. The van der Waals surface area contributed by atoms with Crippen molar-refractivity contribution in [2.24, 2.45) is 0 Å². The molecule has 0 aliphatic rings. The maximum Gasteiger partial charge on any atom is 0.0715 e. The van der Waals surface area contributed by atoms with Gasteiger partial charge in [-0.2, -0.15) is 0 Å². The smallest absolute Gasteiger partial charge is 0.0715 e. The van der Waals surface area contributed by atoms with Gasteiger partial charge in [0.1, 0.15) is 0 Å². The summed E-state index contributed by atoms with van der Waals surface area (Å²) >= 11 is 0. The molecule has 31 heavy (non-hydrogen) atoms. The van der Waals surface area contributed by atoms with Crippen molar-refractivity contribution in [1.29, 1.82) is 0 Å². The Morgan fingerprint density at radius 2 is 0.806 bits per heavy atom. The fourth-order valence-electron chi connectivity index (χ4n) is 3.86. The van der Waals surface area contributed by atoms with Gasteiger partial charge in [-0.25, -0.2) is 0 Å². The molecule has 3 rings (SSSR count). The van der Waals surface area contributed by atoms with E-state index in [0.29, 0.717) is 19.8 Å². The Morgan fingerprint density at radius 3 is 1.03 bits per heavy atom. The molecule has 0 saturated carbocycles. The molecule has 3 aromatic rings. The van der Waals surface area contributed by atoms with Crippen LogP contribution in [0.4, 0.5) is 17.1 Å². The average molecular weight is 420 g/mol. The van der Waals surface area contributed by atoms with Gasteiger partial charge in [-0.3, -0.25) is 0 Å². The topological polar surface area (TPSA) is 30.9 Å². The van der Waals surface area contributed by atoms with Gasteiger partial charge in [-0.05, 0) is 90.6 Å². The van der Waals surface area contributed by atoms with Gasteiger partial charge < -0.3 is 19.1 Å². The SMILES string of the molecule is COCc1ccc(N(c2ccc(COC)c(C)c2)c2ccc(COC)c(C)c2)cc1C. The molecule has 0 aliphatic heterocycles. The fourth-order valence-corrected chi connectivity index (χ4v) is 3.86. The lowest BCUT2D eigenvalue weighted by atomic mass is 10.0. The number of nitrogens with zero attached hydrogens (tertiary/aromatic N) is 1. The fraction of sp³-hybridized carbons (Fsp3) is 0.333. The Hall–Kier alpha value is -2.66. The summed E-state index contributed by atoms with van der Waals surface area (Å²) in [5.74, 6) is 0. The highest BCUT2D eigenvalue weighted by molar-refractivity contribution is 5.78. The molecule has 0 fully saturated rings. The van der Waals surface area contributed by atoms with E-state index >= 15 is 0 Å². The normalized spacial score (nSPS) is 11.0. The summed E-state index contributed by atoms with van der Waals surface area (Å²) in [5.41, 5.74) is 10.6. The second-order valence-corrected chi connectivity index (χ2v) is 7.97. The summed E-state index contributed by atoms with van der Waals surface area (Å²) in [6.45, 7) is 8.24. The molecule has 0 N–H and O–H groups in total. The summed E-state index contributed by atoms with van der Waals surface area (Å²) in [7, 11) is 5.19. The second-order valence-electron chi connectivity index (χ2n) is 7.97. The predicted molar refractivity (Wildman–Crippen MR) is 127 cm³/mol. The van der Waals surface area contributed by atoms with E-state index in [1.54, 1.807) is 21.3 Å². The largest absolute Gasteiger partial charge is 0.380 e. The van der Waals surface area contributed by atoms with Crippen LogP contribution in [0.5, 0.6) is 0 Å². The first-order valence-electron chi connectivity index (χ1n) is 10.5. The van der Waals surface area contributed by atoms with Crippen LogP contribution in [0.25, 0.3) is 0 Å². The lowest BCUT2D eigenvalue weighted by Crippen LogP contribution is -2.12. The lowest BCUT2D eigenvalue weighted by Gasteiger charge is -2.28. The van der Waals surface area contributed by atoms with E-state index < -0.39 is 0 Å². The molecule has 0 saturated heterocycles. The van der Waals surface area contributed by atoms with Gasteiger partial charge in [0.05, 0.1) is 19.8 Å². The number of hydrogen-bond donors (Lipinski definition) is 0. The Balaban J connectivity index is 2.11. The molecule has 4 heteroatoms. The Morgan fingerprint density at radius 1 is 0.516 bits per heavy atom. The van der Waals surface area contributed by atoms with Crippen LogP contribution < -0.4 is 4.90 Å². The molecule has 3 aromatic carbocycles. The van der Waals surface area contributed by atoms with Gasteiger partial charge in [0.25, 0.3) is 0 Å². The van der Waals surface area contributed by atoms with Gasteiger partial charge in [-0.15, -0.1) is 0 Å². The number of benzene rings is 3. The maximum absolute atomic E-state index is 5.34. The summed E-state index contributed by atoms with van der Waals surface area (Å²) in [4.78, 5) is 2.30. The number of ether oxygens (including phenoxy) is 3. The molecule has 0 bridgehead atoms. The number of aryl methyl sites for hydroxylation is 3. The van der Waals surface area contributed by atoms with Crippen LogP contribution in [0.15, 0.2) is 54.6 Å². The Kier molecular flexibility index (Phi) is 7.85. The third-order valence-electron chi connectivity index (χ3n) is 5.65. The molecular weight excluding hydrogens is 386 g/mol. The van der Waals surface area contributed by atoms with Crippen molar-refractivity contribution >= 4 is 17.1 Å². The number of rotatable bonds is 9. The number of hydrogen-bond acceptors (Lipinski definition) is 4. The number of anilines is 3. The van der Waals surface area contributed by atoms with Crippen LogP contribution in [0.3, 0.4) is 0 Å². The third kappa shape index (κ3) is 5.34. The summed E-state index contributed by atoms with van der Waals surface area (Å²) < 4.78 is 16.0. The van der Waals surface area contributed by atoms with Crippen LogP contribution in [-0.4, -0.2) is 21.3 Å². The van der Waals surface area contributed by atoms with Crippen LogP contribution in [0, 0.1) is 20.8 Å². The summed E-state index contributed by atoms with van der Waals surface area (Å²) in [6.07, 6.45) is 0. The first-order chi connectivity index (χ1) is 15.0. The minimum Gasteiger partial charge on any atom is -0.380 e. The minimum absolute atomic E-state index is 0.613. The van der Waals surface area contributed by atoms with Crippen molar-refractivity contribution in [3.63, 3.8) is 0 Å². The van der Waals surface area contributed by atoms with Crippen molar-refractivity contribution < 1.29 is 14.2 Å². The molecule has 0 radical (unpaired) electrons. The molecular formula is C27H33NO3. The predicted octanol–water partition coefficient (Wildman–Crippen LogP) is 6.52. The minimum atomic E-state index is 0.613. The summed E-state index contributed by atoms with van der Waals surface area (Å²) in [6, 6.07) is 19.6. The molecule has 164 valence electrons. The van der Waals surface area contributed by atoms with Gasteiger partial charge in [0.2, 0.25) is 0 Å². The summed E-state index contributed by atoms with van der Waals surface area (Å²) in [5, 5.41) is 0. The number of methoxy groups -OCH3 is 3. The molecule has 0 amide bonds. The zero-order chi connectivity index (χ0) is 22.4. The lowest BCUT2D eigenvalue weighted by molar-refractivity contribution is 0.184. The standard InChI is InChI=1S/C27H33NO3/c1-19-13-25(10-7-22(19)16-29-4)28(26-11-8-23(17-30-5)20(2)14-26)27-12-9-24(18-31-6)21(3)15-27/h7-15H,16-18H2,1-6H3. The van der Waals surface area contributed by atoms with E-state index in [-0.39, 0.29) is 0 Å². The first kappa shape index (κ1) is 23.0. The Labute approximate surface area is 186 Å². The molecule has 0 spiro atoms. The highest BCUT2D eigenvalue weighted by Gasteiger charge is 2.16. The van der Waals surface area contributed by atoms with Crippen LogP contribution in [-0.2, 0) is 34.0 Å². The van der Waals surface area contributed by atoms with E-state index in [4.69, 9.17) is 14.2 Å². The van der Waals surface area contributed by atoms with E-state index in [9.17, 15) is 0 Å². The highest BCUT2D eigenvalue weighted by Crippen LogP contribution is 2.37. The first-order valence-corrected chi connectivity index (χ1v) is 10.5. The van der Waals surface area contributed by atoms with Gasteiger partial charge >= 0.3 is 0 Å². The Bertz CT molecular complexity index is 897. The third-order valence-corrected chi connectivity index (χ3v) is 5.65. The zero-order valence-electron chi connectivity index (χ0n) is 19.5. The van der Waals surface area contributed by atoms with Crippen LogP contribution in [0.1, 0.15) is 33.4 Å². The molecule has 0 aromatic heterocycles. The van der Waals surface area contributed by atoms with Crippen LogP contribution >= 0.6 is 0 Å². The van der Waals surface area contributed by atoms with Crippen LogP contribution in [0.2, 0.25) is 0 Å². The van der Waals surface area contributed by atoms with E-state index in [1.165, 1.54) is 33.4 Å². The van der Waals surface area contributed by atoms with Gasteiger partial charge in [0, 0.05) is 38.4 Å². The van der Waals surface area contributed by atoms with Crippen molar-refractivity contribution in [1.82, 2.24) is 0 Å². The monoisotopic (exact) mass is 419 g/mol. The molecule has 4 nitrogen and oxygen atoms in total. The van der Waals surface area contributed by atoms with Crippen molar-refractivity contribution in [2.75, 3.05) is 26.2 Å². The molecule has 0 aliphatic carbocycles. The van der Waals surface area contributed by atoms with E-state index in [2.05, 4.69) is 80.3 Å². The molecule has 0 atom stereocenters. The van der Waals surface area contributed by atoms with Crippen molar-refractivity contribution in [3.05, 3.63) is 88.0 Å². The van der Waals surface area contributed by atoms with Gasteiger partial charge in [-0.1, -0.05) is 18.2 Å². The average Bonchev–Trinajstić information content (AvgIpc) is 2.74. The van der Waals surface area contributed by atoms with Crippen molar-refractivity contribution in [3.8, 4) is 0 Å². The van der Waals surface area contributed by atoms with E-state index in [0.717, 1.165) is 17.1 Å².